The molecule has 0 atom stereocenters. The number of phenolic OH excluding ortho intramolecular Hbond substituents is 1. The zero-order chi connectivity index (χ0) is 36.0. The van der Waals surface area contributed by atoms with Gasteiger partial charge in [-0.2, -0.15) is 25.3 Å². The van der Waals surface area contributed by atoms with Gasteiger partial charge in [0.1, 0.15) is 35.4 Å². The summed E-state index contributed by atoms with van der Waals surface area (Å²) in [4.78, 5) is -1.36. The molecule has 15 N–H and O–H groups in total. The van der Waals surface area contributed by atoms with E-state index in [2.05, 4.69) is 6.58 Å². The van der Waals surface area contributed by atoms with E-state index in [0.29, 0.717) is 34.8 Å². The normalized spacial score (nSPS) is 11.1. The molecule has 0 amide bonds. The largest absolute Gasteiger partial charge is 0.507 e. The Morgan fingerprint density at radius 1 is 0.761 bits per heavy atom. The molecular weight excluding hydrogens is 680 g/mol. The number of nitrogen functional groups attached to an aromatic ring is 3. The van der Waals surface area contributed by atoms with Crippen molar-refractivity contribution >= 4 is 58.2 Å². The molecule has 46 heavy (non-hydrogen) atoms. The van der Waals surface area contributed by atoms with Crippen molar-refractivity contribution in [2.75, 3.05) is 56.5 Å². The molecule has 260 valence electrons. The fraction of sp³-hybridized carbons (Fsp3) is 0.250. The maximum atomic E-state index is 11.3. The molecule has 0 aliphatic heterocycles. The summed E-state index contributed by atoms with van der Waals surface area (Å²) in [6.45, 7) is 3.21. The van der Waals surface area contributed by atoms with E-state index < -0.39 is 45.9 Å². The molecule has 0 bridgehead atoms. The van der Waals surface area contributed by atoms with E-state index in [0.717, 1.165) is 24.3 Å². The van der Waals surface area contributed by atoms with Crippen LogP contribution in [0.25, 0.3) is 10.8 Å². The Hall–Kier alpha value is -4.13. The summed E-state index contributed by atoms with van der Waals surface area (Å²) in [5.41, 5.74) is 22.9. The van der Waals surface area contributed by atoms with Gasteiger partial charge < -0.3 is 52.8 Å². The van der Waals surface area contributed by atoms with Crippen LogP contribution in [-0.4, -0.2) is 98.6 Å². The summed E-state index contributed by atoms with van der Waals surface area (Å²) in [5, 5.41) is 34.4. The second kappa shape index (κ2) is 18.1. The van der Waals surface area contributed by atoms with Crippen LogP contribution in [0, 0.1) is 0 Å². The van der Waals surface area contributed by atoms with Crippen molar-refractivity contribution in [1.82, 2.24) is 0 Å². The Morgan fingerprint density at radius 2 is 1.17 bits per heavy atom. The highest BCUT2D eigenvalue weighted by Gasteiger charge is 2.21. The van der Waals surface area contributed by atoms with Gasteiger partial charge in [-0.1, -0.05) is 6.58 Å². The first-order valence-corrected chi connectivity index (χ1v) is 16.8. The molecule has 0 saturated carbocycles. The van der Waals surface area contributed by atoms with Gasteiger partial charge in [-0.25, -0.2) is 0 Å². The van der Waals surface area contributed by atoms with E-state index in [1.54, 1.807) is 0 Å². The number of hydrogen-bond acceptors (Lipinski definition) is 16. The lowest BCUT2D eigenvalue weighted by molar-refractivity contribution is 0.199. The summed E-state index contributed by atoms with van der Waals surface area (Å²) in [7, 11) is -13.0. The van der Waals surface area contributed by atoms with E-state index in [4.69, 9.17) is 61.4 Å². The highest BCUT2D eigenvalue weighted by Crippen LogP contribution is 2.36. The molecular formula is C24H36N4O15S3. The molecule has 0 unspecified atom stereocenters. The molecule has 22 heteroatoms. The van der Waals surface area contributed by atoms with Crippen molar-refractivity contribution in [2.24, 2.45) is 5.73 Å². The molecule has 3 aromatic rings. The summed E-state index contributed by atoms with van der Waals surface area (Å²) in [6.07, 6.45) is 0.715. The van der Waals surface area contributed by atoms with Crippen LogP contribution in [0.2, 0.25) is 0 Å². The van der Waals surface area contributed by atoms with Gasteiger partial charge in [0.05, 0.1) is 42.3 Å². The van der Waals surface area contributed by atoms with Crippen LogP contribution in [-0.2, 0) is 30.4 Å². The topological polar surface area (TPSA) is 367 Å². The van der Waals surface area contributed by atoms with E-state index >= 15 is 0 Å². The molecule has 0 spiro atoms. The van der Waals surface area contributed by atoms with Gasteiger partial charge in [-0.05, 0) is 18.2 Å². The number of ether oxygens (including phenoxy) is 2. The zero-order valence-corrected chi connectivity index (χ0v) is 26.6. The maximum absolute atomic E-state index is 11.3. The molecule has 0 aromatic heterocycles. The van der Waals surface area contributed by atoms with Crippen LogP contribution in [0.15, 0.2) is 58.5 Å². The maximum Gasteiger partial charge on any atom is 0.295 e. The van der Waals surface area contributed by atoms with Crippen molar-refractivity contribution in [1.29, 1.82) is 0 Å². The Morgan fingerprint density at radius 3 is 1.50 bits per heavy atom. The third-order valence-corrected chi connectivity index (χ3v) is 6.42. The smallest absolute Gasteiger partial charge is 0.295 e. The monoisotopic (exact) mass is 716 g/mol. The Bertz CT molecular complexity index is 1770. The molecule has 0 heterocycles. The Balaban J connectivity index is 0.000000691. The number of fused-ring (bicyclic) bond motifs is 1. The van der Waals surface area contributed by atoms with Gasteiger partial charge in [-0.3, -0.25) is 13.7 Å². The van der Waals surface area contributed by atoms with Crippen LogP contribution in [0.5, 0.6) is 17.2 Å². The molecule has 3 rings (SSSR count). The molecule has 0 aliphatic carbocycles. The number of hydrogen-bond donors (Lipinski definition) is 11. The van der Waals surface area contributed by atoms with E-state index in [1.165, 1.54) is 12.1 Å². The van der Waals surface area contributed by atoms with Crippen molar-refractivity contribution < 1.29 is 68.8 Å². The lowest BCUT2D eigenvalue weighted by Crippen LogP contribution is -2.07. The molecule has 19 nitrogen and oxygen atoms in total. The number of benzene rings is 3. The molecule has 0 saturated heterocycles. The zero-order valence-electron chi connectivity index (χ0n) is 24.1. The van der Waals surface area contributed by atoms with Gasteiger partial charge >= 0.3 is 0 Å². The highest BCUT2D eigenvalue weighted by atomic mass is 32.2. The van der Waals surface area contributed by atoms with Crippen LogP contribution in [0.4, 0.5) is 17.1 Å². The van der Waals surface area contributed by atoms with Crippen molar-refractivity contribution in [3.05, 3.63) is 48.7 Å². The summed E-state index contributed by atoms with van der Waals surface area (Å²) < 4.78 is 98.9. The minimum atomic E-state index is -4.67. The summed E-state index contributed by atoms with van der Waals surface area (Å²) in [6, 6.07) is 6.67. The fourth-order valence-electron chi connectivity index (χ4n) is 2.96. The quantitative estimate of drug-likeness (QED) is 0.0950. The summed E-state index contributed by atoms with van der Waals surface area (Å²) in [5.74, 6) is 0.170. The minimum absolute atomic E-state index is 0.0215. The molecule has 0 radical (unpaired) electrons. The lowest BCUT2D eigenvalue weighted by Gasteiger charge is -2.12. The Kier molecular flexibility index (Phi) is 16.5. The number of aliphatic hydroxyl groups is 3. The van der Waals surface area contributed by atoms with Crippen LogP contribution >= 0.6 is 0 Å². The van der Waals surface area contributed by atoms with E-state index in [1.807, 2.05) is 0 Å². The van der Waals surface area contributed by atoms with E-state index in [9.17, 15) is 30.4 Å². The highest BCUT2D eigenvalue weighted by molar-refractivity contribution is 7.86. The number of aliphatic hydroxyl groups excluding tert-OH is 3. The van der Waals surface area contributed by atoms with Gasteiger partial charge in [0.15, 0.2) is 0 Å². The van der Waals surface area contributed by atoms with Crippen molar-refractivity contribution in [2.45, 2.75) is 9.79 Å². The van der Waals surface area contributed by atoms with Crippen molar-refractivity contribution in [3.8, 4) is 17.2 Å². The first-order chi connectivity index (χ1) is 21.0. The lowest BCUT2D eigenvalue weighted by atomic mass is 10.1. The average Bonchev–Trinajstić information content (AvgIpc) is 2.91. The van der Waals surface area contributed by atoms with Crippen LogP contribution in [0.3, 0.4) is 0 Å². The number of phenols is 1. The predicted octanol–water partition coefficient (Wildman–Crippen LogP) is -0.831. The fourth-order valence-corrected chi connectivity index (χ4v) is 4.17. The van der Waals surface area contributed by atoms with E-state index in [-0.39, 0.29) is 49.5 Å². The van der Waals surface area contributed by atoms with Gasteiger partial charge in [0.25, 0.3) is 30.4 Å². The molecule has 0 aliphatic rings. The number of anilines is 3. The standard InChI is InChI=1S/C10H16N2O4.C10H9NO7S2.C3H7NO.CH4O3S/c11-7-6-10(16-4-2-14)8(12)5-9(7)15-3-1-13;11-7-1-2-9(20(16,17)18)6-3-5(19(13,14)15)4-8(12)10(6)7;1-3(4)2-5;1-5(2,3)4/h5-6,13-14H,1-4,11-12H2;1-4,12H,11H2,(H,13,14,15)(H,16,17,18);5H,1-2,4H2;1H3,(H,2,3,4). The van der Waals surface area contributed by atoms with Gasteiger partial charge in [-0.15, -0.1) is 0 Å². The third-order valence-electron chi connectivity index (χ3n) is 4.68. The van der Waals surface area contributed by atoms with Crippen LogP contribution in [0.1, 0.15) is 0 Å². The molecule has 3 aromatic carbocycles. The third kappa shape index (κ3) is 15.2. The second-order valence-corrected chi connectivity index (χ2v) is 12.9. The molecule has 0 fully saturated rings. The number of rotatable bonds is 9. The Labute approximate surface area is 264 Å². The predicted molar refractivity (Wildman–Crippen MR) is 168 cm³/mol. The number of nitrogens with two attached hydrogens (primary N) is 4. The average molecular weight is 717 g/mol. The number of aromatic hydroxyl groups is 1. The summed E-state index contributed by atoms with van der Waals surface area (Å²) >= 11 is 0. The van der Waals surface area contributed by atoms with Crippen molar-refractivity contribution in [3.63, 3.8) is 0 Å². The van der Waals surface area contributed by atoms with Crippen LogP contribution < -0.4 is 32.4 Å². The van der Waals surface area contributed by atoms with Gasteiger partial charge in [0, 0.05) is 40.4 Å². The SMILES string of the molecule is C=C(N)CO.CS(=O)(=O)O.Nc1cc(OCCO)c(N)cc1OCCO.Nc1ccc(S(=O)(=O)O)c2cc(S(=O)(=O)O)cc(O)c12. The minimum Gasteiger partial charge on any atom is -0.507 e. The first kappa shape index (κ1) is 41.9. The van der Waals surface area contributed by atoms with Gasteiger partial charge in [0.2, 0.25) is 0 Å². The second-order valence-electron chi connectivity index (χ2n) is 8.59. The first-order valence-electron chi connectivity index (χ1n) is 12.1.